The number of hydrogen-bond acceptors (Lipinski definition) is 10. The number of carbonyl (C=O) groups excluding carboxylic acids is 1. The quantitative estimate of drug-likeness (QED) is 0.199. The molecule has 3 heterocycles. The van der Waals surface area contributed by atoms with Crippen molar-refractivity contribution in [3.63, 3.8) is 0 Å². The number of rotatable bonds is 7. The Morgan fingerprint density at radius 2 is 1.95 bits per heavy atom. The van der Waals surface area contributed by atoms with Crippen LogP contribution in [0.25, 0.3) is 6.08 Å². The van der Waals surface area contributed by atoms with Crippen LogP contribution in [0.3, 0.4) is 0 Å². The van der Waals surface area contributed by atoms with Gasteiger partial charge in [0.25, 0.3) is 12.1 Å². The molecule has 12 heteroatoms. The molecule has 0 bridgehead atoms. The van der Waals surface area contributed by atoms with E-state index >= 15 is 0 Å². The fraction of sp³-hybridized carbons (Fsp3) is 0.240. The first-order valence-electron chi connectivity index (χ1n) is 11.5. The number of benzene rings is 2. The Morgan fingerprint density at radius 1 is 1.19 bits per heavy atom. The van der Waals surface area contributed by atoms with E-state index in [1.54, 1.807) is 19.4 Å². The van der Waals surface area contributed by atoms with E-state index in [0.717, 1.165) is 23.1 Å². The molecule has 5 rings (SSSR count). The highest BCUT2D eigenvalue weighted by molar-refractivity contribution is 8.14. The van der Waals surface area contributed by atoms with Crippen molar-refractivity contribution in [1.29, 1.82) is 0 Å². The standard InChI is InChI=1S/C25H24N6O5S/c1-34-20-9-7-18(8-10-20)15-21-24(33)31(19-5-3-2-4-6-19)25(26-21)37-17-22(32)27-23-16-30(28-36-23)29-11-13-35-14-12-29/h2-10,15-16H,11-14,17H2,1H3/b21-15+. The van der Waals surface area contributed by atoms with Crippen molar-refractivity contribution in [2.24, 2.45) is 9.98 Å². The zero-order valence-corrected chi connectivity index (χ0v) is 20.8. The Labute approximate surface area is 217 Å². The summed E-state index contributed by atoms with van der Waals surface area (Å²) in [6, 6.07) is 16.5. The van der Waals surface area contributed by atoms with Crippen LogP contribution in [0.15, 0.2) is 81.0 Å². The van der Waals surface area contributed by atoms with Gasteiger partial charge in [0, 0.05) is 5.75 Å². The molecule has 2 aromatic carbocycles. The number of morpholine rings is 1. The number of para-hydroxylation sites is 1. The van der Waals surface area contributed by atoms with Crippen LogP contribution in [0, 0.1) is 0 Å². The van der Waals surface area contributed by atoms with Crippen LogP contribution in [0.5, 0.6) is 5.75 Å². The zero-order valence-electron chi connectivity index (χ0n) is 20.0. The molecule has 0 spiro atoms. The number of carbonyl (C=O) groups is 1. The highest BCUT2D eigenvalue weighted by Crippen LogP contribution is 2.29. The number of aliphatic imine (C=N–C) groups is 2. The van der Waals surface area contributed by atoms with Crippen LogP contribution >= 0.6 is 11.8 Å². The van der Waals surface area contributed by atoms with Gasteiger partial charge in [-0.15, -0.1) is 5.01 Å². The maximum atomic E-state index is 13.3. The lowest BCUT2D eigenvalue weighted by Gasteiger charge is -2.18. The Morgan fingerprint density at radius 3 is 2.68 bits per heavy atom. The maximum Gasteiger partial charge on any atom is 0.324 e. The summed E-state index contributed by atoms with van der Waals surface area (Å²) >= 11 is 1.13. The number of amides is 1. The molecular weight excluding hydrogens is 496 g/mol. The molecule has 0 atom stereocenters. The lowest BCUT2D eigenvalue weighted by molar-refractivity contribution is -0.759. The molecule has 1 saturated heterocycles. The van der Waals surface area contributed by atoms with E-state index in [2.05, 4.69) is 15.3 Å². The molecule has 0 aliphatic carbocycles. The normalized spacial score (nSPS) is 17.4. The largest absolute Gasteiger partial charge is 0.861 e. The first-order chi connectivity index (χ1) is 18.1. The van der Waals surface area contributed by atoms with E-state index in [0.29, 0.717) is 37.2 Å². The van der Waals surface area contributed by atoms with Gasteiger partial charge < -0.3 is 14.6 Å². The number of thioether (sulfide) groups is 1. The minimum atomic E-state index is -0.439. The molecule has 1 fully saturated rings. The van der Waals surface area contributed by atoms with Gasteiger partial charge in [0.1, 0.15) is 11.4 Å². The number of nitrogens with zero attached hydrogens (tertiary/aromatic N) is 6. The second-order valence-electron chi connectivity index (χ2n) is 7.99. The Balaban J connectivity index is 1.33. The fourth-order valence-corrected chi connectivity index (χ4v) is 4.51. The van der Waals surface area contributed by atoms with Crippen LogP contribution in [-0.4, -0.2) is 61.4 Å². The molecule has 0 N–H and O–H groups in total. The van der Waals surface area contributed by atoms with Crippen LogP contribution in [0.2, 0.25) is 0 Å². The first kappa shape index (κ1) is 24.5. The van der Waals surface area contributed by atoms with E-state index in [1.165, 1.54) is 9.69 Å². The van der Waals surface area contributed by atoms with Crippen LogP contribution in [0.4, 0.5) is 11.6 Å². The lowest BCUT2D eigenvalue weighted by Crippen LogP contribution is -2.62. The molecule has 190 valence electrons. The average molecular weight is 521 g/mol. The lowest BCUT2D eigenvalue weighted by atomic mass is 10.2. The van der Waals surface area contributed by atoms with Crippen molar-refractivity contribution < 1.29 is 28.7 Å². The van der Waals surface area contributed by atoms with Crippen LogP contribution in [0.1, 0.15) is 5.56 Å². The van der Waals surface area contributed by atoms with Gasteiger partial charge in [0.15, 0.2) is 5.17 Å². The van der Waals surface area contributed by atoms with Gasteiger partial charge >= 0.3 is 5.88 Å². The van der Waals surface area contributed by atoms with Crippen LogP contribution in [-0.2, 0) is 9.53 Å². The molecule has 1 amide bonds. The molecule has 3 aromatic rings. The van der Waals surface area contributed by atoms with Gasteiger partial charge in [-0.2, -0.15) is 0 Å². The van der Waals surface area contributed by atoms with Crippen molar-refractivity contribution in [3.05, 3.63) is 72.1 Å². The summed E-state index contributed by atoms with van der Waals surface area (Å²) in [5.74, 6) is 0.0575. The summed E-state index contributed by atoms with van der Waals surface area (Å²) < 4.78 is 15.7. The maximum absolute atomic E-state index is 13.3. The molecule has 0 radical (unpaired) electrons. The van der Waals surface area contributed by atoms with Crippen molar-refractivity contribution in [2.75, 3.05) is 49.1 Å². The second kappa shape index (κ2) is 11.3. The van der Waals surface area contributed by atoms with Crippen molar-refractivity contribution >= 4 is 46.4 Å². The van der Waals surface area contributed by atoms with E-state index in [-0.39, 0.29) is 23.2 Å². The highest BCUT2D eigenvalue weighted by atomic mass is 32.2. The summed E-state index contributed by atoms with van der Waals surface area (Å²) in [6.45, 7) is 2.51. The monoisotopic (exact) mass is 520 g/mol. The molecular formula is C25H24N6O5S. The van der Waals surface area contributed by atoms with Gasteiger partial charge in [-0.25, -0.2) is 9.98 Å². The first-order valence-corrected chi connectivity index (χ1v) is 12.5. The predicted molar refractivity (Wildman–Crippen MR) is 137 cm³/mol. The number of hydrogen-bond donors (Lipinski definition) is 0. The van der Waals surface area contributed by atoms with Crippen molar-refractivity contribution in [3.8, 4) is 5.75 Å². The predicted octanol–water partition coefficient (Wildman–Crippen LogP) is 1.51. The molecule has 2 aliphatic heterocycles. The zero-order chi connectivity index (χ0) is 25.6. The Bertz CT molecular complexity index is 1330. The third-order valence-corrected chi connectivity index (χ3v) is 6.47. The molecule has 1 aromatic heterocycles. The topological polar surface area (TPSA) is 120 Å². The van der Waals surface area contributed by atoms with E-state index in [4.69, 9.17) is 14.0 Å². The van der Waals surface area contributed by atoms with Gasteiger partial charge in [-0.3, -0.25) is 14.2 Å². The molecule has 37 heavy (non-hydrogen) atoms. The van der Waals surface area contributed by atoms with E-state index in [9.17, 15) is 9.90 Å². The number of ether oxygens (including phenoxy) is 2. The van der Waals surface area contributed by atoms with Gasteiger partial charge in [-0.05, 0) is 41.8 Å². The molecule has 0 unspecified atom stereocenters. The van der Waals surface area contributed by atoms with Gasteiger partial charge in [0.2, 0.25) is 5.27 Å². The van der Waals surface area contributed by atoms with Gasteiger partial charge in [0.05, 0.1) is 43.9 Å². The van der Waals surface area contributed by atoms with Crippen molar-refractivity contribution in [1.82, 2.24) is 5.27 Å². The molecule has 11 nitrogen and oxygen atoms in total. The summed E-state index contributed by atoms with van der Waals surface area (Å²) in [5, 5.41) is 18.8. The minimum absolute atomic E-state index is 0.0382. The minimum Gasteiger partial charge on any atom is -0.861 e. The fourth-order valence-electron chi connectivity index (χ4n) is 3.71. The van der Waals surface area contributed by atoms with E-state index < -0.39 is 5.90 Å². The SMILES string of the molecule is COc1ccc(/C=C2/N=C(SC/C([O-])=N\c3c[n+](N4CCOCC4)no3)N(c3ccccc3)C2=O)cc1. The Hall–Kier alpha value is -4.16. The number of amidine groups is 1. The third kappa shape index (κ3) is 5.81. The van der Waals surface area contributed by atoms with Gasteiger partial charge in [-0.1, -0.05) is 42.1 Å². The second-order valence-corrected chi connectivity index (χ2v) is 8.94. The number of anilines is 1. The summed E-state index contributed by atoms with van der Waals surface area (Å²) in [5.41, 5.74) is 1.72. The smallest absolute Gasteiger partial charge is 0.324 e. The van der Waals surface area contributed by atoms with Crippen molar-refractivity contribution in [2.45, 2.75) is 0 Å². The summed E-state index contributed by atoms with van der Waals surface area (Å²) in [4.78, 5) is 24.9. The summed E-state index contributed by atoms with van der Waals surface area (Å²) in [7, 11) is 1.59. The summed E-state index contributed by atoms with van der Waals surface area (Å²) in [6.07, 6.45) is 3.26. The highest BCUT2D eigenvalue weighted by Gasteiger charge is 2.32. The number of methoxy groups -OCH3 is 1. The van der Waals surface area contributed by atoms with Crippen LogP contribution < -0.4 is 24.5 Å². The third-order valence-electron chi connectivity index (χ3n) is 5.54. The van der Waals surface area contributed by atoms with E-state index in [1.807, 2.05) is 59.6 Å². The number of aromatic nitrogens is 2. The average Bonchev–Trinajstić information content (AvgIpc) is 3.53. The Kier molecular flexibility index (Phi) is 7.47. The molecule has 0 saturated carbocycles. The molecule has 2 aliphatic rings.